The highest BCUT2D eigenvalue weighted by Crippen LogP contribution is 2.43. The molecule has 1 aliphatic heterocycles. The first-order valence-electron chi connectivity index (χ1n) is 9.09. The molecule has 5 nitrogen and oxygen atoms in total. The van der Waals surface area contributed by atoms with Crippen LogP contribution in [0.3, 0.4) is 0 Å². The minimum absolute atomic E-state index is 0.0327. The molecule has 6 heteroatoms. The van der Waals surface area contributed by atoms with E-state index in [2.05, 4.69) is 5.32 Å². The topological polar surface area (TPSA) is 86.6 Å². The van der Waals surface area contributed by atoms with Crippen LogP contribution in [-0.2, 0) is 22.2 Å². The number of hydrogen-bond acceptors (Lipinski definition) is 3. The Bertz CT molecular complexity index is 892. The first-order valence-corrected chi connectivity index (χ1v) is 11.1. The maximum Gasteiger partial charge on any atom is 0.332 e. The summed E-state index contributed by atoms with van der Waals surface area (Å²) in [7, 11) is -3.60. The fourth-order valence-electron chi connectivity index (χ4n) is 3.31. The molecule has 0 aliphatic carbocycles. The Morgan fingerprint density at radius 2 is 1.93 bits per heavy atom. The molecule has 0 saturated heterocycles. The molecular weight excluding hydrogens is 361 g/mol. The van der Waals surface area contributed by atoms with Gasteiger partial charge in [0.25, 0.3) is 0 Å². The Morgan fingerprint density at radius 1 is 1.15 bits per heavy atom. The van der Waals surface area contributed by atoms with Gasteiger partial charge in [0, 0.05) is 24.0 Å². The maximum atomic E-state index is 12.6. The van der Waals surface area contributed by atoms with Crippen molar-refractivity contribution in [1.82, 2.24) is 0 Å². The van der Waals surface area contributed by atoms with Crippen molar-refractivity contribution in [2.75, 3.05) is 24.2 Å². The van der Waals surface area contributed by atoms with Crippen molar-refractivity contribution in [3.8, 4) is 0 Å². The van der Waals surface area contributed by atoms with E-state index in [0.29, 0.717) is 6.42 Å². The van der Waals surface area contributed by atoms with E-state index in [9.17, 15) is 19.4 Å². The highest BCUT2D eigenvalue weighted by molar-refractivity contribution is 7.58. The van der Waals surface area contributed by atoms with Crippen molar-refractivity contribution in [3.05, 3.63) is 70.8 Å². The zero-order valence-corrected chi connectivity index (χ0v) is 16.0. The molecule has 0 fully saturated rings. The lowest BCUT2D eigenvalue weighted by atomic mass is 9.98. The first kappa shape index (κ1) is 19.4. The van der Waals surface area contributed by atoms with Gasteiger partial charge >= 0.3 is 5.97 Å². The van der Waals surface area contributed by atoms with Crippen molar-refractivity contribution in [3.63, 3.8) is 0 Å². The second-order valence-corrected chi connectivity index (χ2v) is 9.31. The standard InChI is InChI=1S/C21H24NO4P/c23-21(24)19(14-18-9-4-8-17-10-5-12-22-20(17)18)15-27(25,26)13-11-16-6-2-1-3-7-16/h1-4,6-9,14,22H,5,10-13,15H2,(H,23,24)(H,25,26)/b19-14+. The highest BCUT2D eigenvalue weighted by atomic mass is 31.2. The van der Waals surface area contributed by atoms with Crippen molar-refractivity contribution in [1.29, 1.82) is 0 Å². The second-order valence-electron chi connectivity index (χ2n) is 6.85. The predicted octanol–water partition coefficient (Wildman–Crippen LogP) is 4.03. The SMILES string of the molecule is O=C(O)/C(=C/c1cccc2c1NCCC2)CP(=O)(O)CCc1ccccc1. The molecule has 0 saturated carbocycles. The van der Waals surface area contributed by atoms with Crippen LogP contribution in [0.15, 0.2) is 54.1 Å². The number of benzene rings is 2. The predicted molar refractivity (Wildman–Crippen MR) is 109 cm³/mol. The molecule has 0 amide bonds. The molecule has 0 bridgehead atoms. The number of carboxylic acids is 1. The summed E-state index contributed by atoms with van der Waals surface area (Å²) in [5, 5.41) is 12.9. The lowest BCUT2D eigenvalue weighted by molar-refractivity contribution is -0.132. The van der Waals surface area contributed by atoms with Crippen LogP contribution in [0.2, 0.25) is 0 Å². The van der Waals surface area contributed by atoms with Crippen molar-refractivity contribution in [2.24, 2.45) is 0 Å². The van der Waals surface area contributed by atoms with E-state index >= 15 is 0 Å². The normalized spacial score (nSPS) is 16.1. The first-order chi connectivity index (χ1) is 12.9. The van der Waals surface area contributed by atoms with Crippen molar-refractivity contribution >= 4 is 25.1 Å². The van der Waals surface area contributed by atoms with Gasteiger partial charge in [0.15, 0.2) is 0 Å². The number of hydrogen-bond donors (Lipinski definition) is 3. The molecule has 1 unspecified atom stereocenters. The molecule has 0 radical (unpaired) electrons. The van der Waals surface area contributed by atoms with Gasteiger partial charge < -0.3 is 15.3 Å². The van der Waals surface area contributed by atoms with Gasteiger partial charge in [0.2, 0.25) is 7.37 Å². The molecule has 1 atom stereocenters. The summed E-state index contributed by atoms with van der Waals surface area (Å²) < 4.78 is 12.6. The number of aryl methyl sites for hydroxylation is 2. The van der Waals surface area contributed by atoms with Gasteiger partial charge in [-0.2, -0.15) is 0 Å². The Morgan fingerprint density at radius 3 is 2.67 bits per heavy atom. The summed E-state index contributed by atoms with van der Waals surface area (Å²) in [6.07, 6.45) is 3.69. The average molecular weight is 385 g/mol. The van der Waals surface area contributed by atoms with Gasteiger partial charge in [-0.1, -0.05) is 48.5 Å². The van der Waals surface area contributed by atoms with Gasteiger partial charge in [-0.3, -0.25) is 4.57 Å². The molecule has 0 aromatic heterocycles. The van der Waals surface area contributed by atoms with E-state index in [1.807, 2.05) is 48.5 Å². The van der Waals surface area contributed by atoms with Crippen LogP contribution in [0.4, 0.5) is 5.69 Å². The third-order valence-corrected chi connectivity index (χ3v) is 6.48. The number of carbonyl (C=O) groups is 1. The fourth-order valence-corrected chi connectivity index (χ4v) is 4.84. The van der Waals surface area contributed by atoms with Gasteiger partial charge in [0.1, 0.15) is 0 Å². The molecule has 1 aliphatic rings. The summed E-state index contributed by atoms with van der Waals surface area (Å²) in [4.78, 5) is 22.1. The third-order valence-electron chi connectivity index (χ3n) is 4.72. The molecule has 3 rings (SSSR count). The fraction of sp³-hybridized carbons (Fsp3) is 0.286. The number of aliphatic carboxylic acids is 1. The van der Waals surface area contributed by atoms with Crippen LogP contribution in [0.5, 0.6) is 0 Å². The molecule has 27 heavy (non-hydrogen) atoms. The number of para-hydroxylation sites is 1. The summed E-state index contributed by atoms with van der Waals surface area (Å²) in [5.41, 5.74) is 3.77. The minimum Gasteiger partial charge on any atom is -0.478 e. The summed E-state index contributed by atoms with van der Waals surface area (Å²) in [6.45, 7) is 0.843. The van der Waals surface area contributed by atoms with Crippen LogP contribution in [0, 0.1) is 0 Å². The van der Waals surface area contributed by atoms with Crippen LogP contribution >= 0.6 is 7.37 Å². The molecular formula is C21H24NO4P. The minimum atomic E-state index is -3.60. The van der Waals surface area contributed by atoms with Crippen LogP contribution < -0.4 is 5.32 Å². The summed E-state index contributed by atoms with van der Waals surface area (Å²) in [6, 6.07) is 15.2. The average Bonchev–Trinajstić information content (AvgIpc) is 2.67. The van der Waals surface area contributed by atoms with E-state index in [4.69, 9.17) is 0 Å². The zero-order valence-electron chi connectivity index (χ0n) is 15.1. The van der Waals surface area contributed by atoms with Crippen LogP contribution in [0.25, 0.3) is 6.08 Å². The Balaban J connectivity index is 1.78. The molecule has 3 N–H and O–H groups in total. The Hall–Kier alpha value is -2.36. The number of rotatable bonds is 7. The Labute approximate surface area is 159 Å². The second kappa shape index (κ2) is 8.55. The lowest BCUT2D eigenvalue weighted by Crippen LogP contribution is -2.13. The molecule has 1 heterocycles. The smallest absolute Gasteiger partial charge is 0.332 e. The van der Waals surface area contributed by atoms with Gasteiger partial charge in [0.05, 0.1) is 6.16 Å². The van der Waals surface area contributed by atoms with E-state index in [1.165, 1.54) is 6.08 Å². The third kappa shape index (κ3) is 5.31. The maximum absolute atomic E-state index is 12.6. The quantitative estimate of drug-likeness (QED) is 0.495. The van der Waals surface area contributed by atoms with Gasteiger partial charge in [-0.15, -0.1) is 0 Å². The number of carboxylic acid groups (broad SMARTS) is 1. The monoisotopic (exact) mass is 385 g/mol. The Kier molecular flexibility index (Phi) is 6.15. The van der Waals surface area contributed by atoms with Crippen LogP contribution in [-0.4, -0.2) is 34.8 Å². The van der Waals surface area contributed by atoms with E-state index in [0.717, 1.165) is 41.8 Å². The van der Waals surface area contributed by atoms with Gasteiger partial charge in [-0.05, 0) is 42.0 Å². The van der Waals surface area contributed by atoms with E-state index < -0.39 is 13.3 Å². The zero-order chi connectivity index (χ0) is 19.3. The summed E-state index contributed by atoms with van der Waals surface area (Å²) >= 11 is 0. The molecule has 0 spiro atoms. The molecule has 142 valence electrons. The molecule has 2 aromatic carbocycles. The van der Waals surface area contributed by atoms with E-state index in [1.54, 1.807) is 0 Å². The van der Waals surface area contributed by atoms with Crippen LogP contribution in [0.1, 0.15) is 23.1 Å². The number of anilines is 1. The lowest BCUT2D eigenvalue weighted by Gasteiger charge is -2.20. The number of nitrogens with one attached hydrogen (secondary N) is 1. The van der Waals surface area contributed by atoms with Gasteiger partial charge in [-0.25, -0.2) is 4.79 Å². The highest BCUT2D eigenvalue weighted by Gasteiger charge is 2.24. The van der Waals surface area contributed by atoms with Crippen molar-refractivity contribution in [2.45, 2.75) is 19.3 Å². The van der Waals surface area contributed by atoms with Crippen molar-refractivity contribution < 1.29 is 19.4 Å². The largest absolute Gasteiger partial charge is 0.478 e. The molecule has 2 aromatic rings. The summed E-state index contributed by atoms with van der Waals surface area (Å²) in [5.74, 6) is -1.16. The van der Waals surface area contributed by atoms with E-state index in [-0.39, 0.29) is 17.9 Å². The number of fused-ring (bicyclic) bond motifs is 1.